The minimum Gasteiger partial charge on any atom is -0.442 e. The number of aryl methyl sites for hydroxylation is 1. The molecule has 0 aliphatic rings. The SMILES string of the molecule is C#CCn1c(C)c(/C=N/c2oc(C)c(C)c2C#N)c2ccccc21. The number of fused-ring (bicyclic) bond motifs is 1. The second-order valence-corrected chi connectivity index (χ2v) is 5.64. The van der Waals surface area contributed by atoms with E-state index in [-0.39, 0.29) is 0 Å². The van der Waals surface area contributed by atoms with Crippen LogP contribution in [0.2, 0.25) is 0 Å². The Balaban J connectivity index is 2.15. The van der Waals surface area contributed by atoms with Gasteiger partial charge in [-0.25, -0.2) is 4.99 Å². The van der Waals surface area contributed by atoms with Gasteiger partial charge in [0.1, 0.15) is 17.4 Å². The number of aromatic nitrogens is 1. The molecule has 0 radical (unpaired) electrons. The molecule has 3 aromatic rings. The van der Waals surface area contributed by atoms with Crippen molar-refractivity contribution in [3.8, 4) is 18.4 Å². The van der Waals surface area contributed by atoms with Crippen LogP contribution >= 0.6 is 0 Å². The topological polar surface area (TPSA) is 54.2 Å². The Morgan fingerprint density at radius 1 is 1.29 bits per heavy atom. The highest BCUT2D eigenvalue weighted by Crippen LogP contribution is 2.29. The minimum atomic E-state index is 0.348. The highest BCUT2D eigenvalue weighted by molar-refractivity contribution is 6.01. The van der Waals surface area contributed by atoms with Crippen LogP contribution < -0.4 is 0 Å². The standard InChI is InChI=1S/C20H17N3O/c1-5-10-23-14(3)18(16-8-6-7-9-19(16)23)12-22-20-17(11-21)13(2)15(4)24-20/h1,6-9,12H,10H2,2-4H3/b22-12+. The van der Waals surface area contributed by atoms with Gasteiger partial charge in [-0.2, -0.15) is 5.26 Å². The maximum Gasteiger partial charge on any atom is 0.237 e. The van der Waals surface area contributed by atoms with E-state index in [4.69, 9.17) is 10.8 Å². The van der Waals surface area contributed by atoms with E-state index in [0.717, 1.165) is 27.7 Å². The number of para-hydroxylation sites is 1. The zero-order valence-corrected chi connectivity index (χ0v) is 13.9. The number of nitriles is 1. The lowest BCUT2D eigenvalue weighted by molar-refractivity contribution is 0.542. The van der Waals surface area contributed by atoms with Crippen molar-refractivity contribution in [1.82, 2.24) is 4.57 Å². The van der Waals surface area contributed by atoms with Gasteiger partial charge < -0.3 is 8.98 Å². The number of aliphatic imine (C=N–C) groups is 1. The van der Waals surface area contributed by atoms with E-state index in [0.29, 0.717) is 23.8 Å². The summed E-state index contributed by atoms with van der Waals surface area (Å²) in [4.78, 5) is 4.43. The molecule has 118 valence electrons. The first kappa shape index (κ1) is 15.6. The Kier molecular flexibility index (Phi) is 3.98. The van der Waals surface area contributed by atoms with Crippen LogP contribution in [0.5, 0.6) is 0 Å². The summed E-state index contributed by atoms with van der Waals surface area (Å²) in [6, 6.07) is 10.2. The molecule has 24 heavy (non-hydrogen) atoms. The summed E-state index contributed by atoms with van der Waals surface area (Å²) in [5.41, 5.74) is 4.40. The van der Waals surface area contributed by atoms with Gasteiger partial charge in [-0.3, -0.25) is 0 Å². The van der Waals surface area contributed by atoms with Crippen LogP contribution in [0.15, 0.2) is 33.7 Å². The number of furan rings is 1. The highest BCUT2D eigenvalue weighted by Gasteiger charge is 2.15. The second kappa shape index (κ2) is 6.10. The normalized spacial score (nSPS) is 11.0. The molecule has 0 unspecified atom stereocenters. The Morgan fingerprint density at radius 2 is 2.04 bits per heavy atom. The van der Waals surface area contributed by atoms with Crippen molar-refractivity contribution in [3.63, 3.8) is 0 Å². The van der Waals surface area contributed by atoms with Gasteiger partial charge in [-0.15, -0.1) is 6.42 Å². The lowest BCUT2D eigenvalue weighted by Gasteiger charge is -2.02. The summed E-state index contributed by atoms with van der Waals surface area (Å²) < 4.78 is 7.69. The molecule has 3 rings (SSSR count). The molecule has 0 amide bonds. The van der Waals surface area contributed by atoms with Crippen molar-refractivity contribution in [2.45, 2.75) is 27.3 Å². The second-order valence-electron chi connectivity index (χ2n) is 5.64. The fourth-order valence-electron chi connectivity index (χ4n) is 2.87. The van der Waals surface area contributed by atoms with Crippen molar-refractivity contribution in [1.29, 1.82) is 5.26 Å². The number of hydrogen-bond donors (Lipinski definition) is 0. The van der Waals surface area contributed by atoms with Crippen LogP contribution in [-0.4, -0.2) is 10.8 Å². The fourth-order valence-corrected chi connectivity index (χ4v) is 2.87. The molecule has 0 N–H and O–H groups in total. The highest BCUT2D eigenvalue weighted by atomic mass is 16.4. The van der Waals surface area contributed by atoms with Crippen molar-refractivity contribution < 1.29 is 4.42 Å². The average molecular weight is 315 g/mol. The molecule has 2 aromatic heterocycles. The zero-order chi connectivity index (χ0) is 17.3. The number of benzene rings is 1. The maximum absolute atomic E-state index is 9.30. The summed E-state index contributed by atoms with van der Waals surface area (Å²) in [6.45, 7) is 6.21. The maximum atomic E-state index is 9.30. The monoisotopic (exact) mass is 315 g/mol. The van der Waals surface area contributed by atoms with E-state index in [1.54, 1.807) is 6.21 Å². The molecule has 4 heteroatoms. The molecule has 4 nitrogen and oxygen atoms in total. The molecule has 2 heterocycles. The summed E-state index contributed by atoms with van der Waals surface area (Å²) in [6.07, 6.45) is 7.25. The van der Waals surface area contributed by atoms with Gasteiger partial charge in [0.15, 0.2) is 0 Å². The van der Waals surface area contributed by atoms with Crippen molar-refractivity contribution in [2.24, 2.45) is 4.99 Å². The first-order chi connectivity index (χ1) is 11.6. The van der Waals surface area contributed by atoms with Gasteiger partial charge in [0.05, 0.1) is 6.54 Å². The fraction of sp³-hybridized carbons (Fsp3) is 0.200. The van der Waals surface area contributed by atoms with Crippen molar-refractivity contribution >= 4 is 23.0 Å². The van der Waals surface area contributed by atoms with E-state index >= 15 is 0 Å². The summed E-state index contributed by atoms with van der Waals surface area (Å²) in [7, 11) is 0. The van der Waals surface area contributed by atoms with Crippen LogP contribution in [0, 0.1) is 44.4 Å². The summed E-state index contributed by atoms with van der Waals surface area (Å²) in [5.74, 6) is 3.75. The third-order valence-corrected chi connectivity index (χ3v) is 4.32. The smallest absolute Gasteiger partial charge is 0.237 e. The molecule has 0 atom stereocenters. The quantitative estimate of drug-likeness (QED) is 0.531. The predicted octanol–water partition coefficient (Wildman–Crippen LogP) is 4.42. The van der Waals surface area contributed by atoms with Crippen LogP contribution in [0.25, 0.3) is 10.9 Å². The van der Waals surface area contributed by atoms with Gasteiger partial charge in [0.2, 0.25) is 5.88 Å². The Labute approximate surface area is 141 Å². The van der Waals surface area contributed by atoms with Gasteiger partial charge in [-0.05, 0) is 26.8 Å². The van der Waals surface area contributed by atoms with E-state index in [1.807, 2.05) is 45.0 Å². The van der Waals surface area contributed by atoms with Gasteiger partial charge >= 0.3 is 0 Å². The number of nitrogens with zero attached hydrogens (tertiary/aromatic N) is 3. The molecule has 0 aliphatic carbocycles. The molecular formula is C20H17N3O. The van der Waals surface area contributed by atoms with E-state index < -0.39 is 0 Å². The minimum absolute atomic E-state index is 0.348. The summed E-state index contributed by atoms with van der Waals surface area (Å²) >= 11 is 0. The van der Waals surface area contributed by atoms with Crippen LogP contribution in [0.4, 0.5) is 5.88 Å². The van der Waals surface area contributed by atoms with Gasteiger partial charge in [-0.1, -0.05) is 24.1 Å². The molecular weight excluding hydrogens is 298 g/mol. The molecule has 0 bridgehead atoms. The third kappa shape index (κ3) is 2.39. The van der Waals surface area contributed by atoms with Crippen LogP contribution in [0.1, 0.15) is 28.1 Å². The third-order valence-electron chi connectivity index (χ3n) is 4.32. The van der Waals surface area contributed by atoms with Crippen LogP contribution in [0.3, 0.4) is 0 Å². The number of terminal acetylenes is 1. The first-order valence-corrected chi connectivity index (χ1v) is 7.64. The van der Waals surface area contributed by atoms with Gasteiger partial charge in [0, 0.05) is 33.9 Å². The Bertz CT molecular complexity index is 1040. The Hall–Kier alpha value is -3.24. The average Bonchev–Trinajstić information content (AvgIpc) is 3.01. The number of hydrogen-bond acceptors (Lipinski definition) is 3. The largest absolute Gasteiger partial charge is 0.442 e. The van der Waals surface area contributed by atoms with Crippen molar-refractivity contribution in [2.75, 3.05) is 0 Å². The number of rotatable bonds is 3. The molecule has 0 saturated heterocycles. The predicted molar refractivity (Wildman–Crippen MR) is 95.7 cm³/mol. The van der Waals surface area contributed by atoms with E-state index in [1.165, 1.54) is 0 Å². The lowest BCUT2D eigenvalue weighted by Crippen LogP contribution is -1.98. The van der Waals surface area contributed by atoms with Crippen molar-refractivity contribution in [3.05, 3.63) is 52.4 Å². The van der Waals surface area contributed by atoms with Gasteiger partial charge in [0.25, 0.3) is 0 Å². The van der Waals surface area contributed by atoms with Crippen LogP contribution in [-0.2, 0) is 6.54 Å². The molecule has 0 fully saturated rings. The molecule has 0 aliphatic heterocycles. The summed E-state index contributed by atoms with van der Waals surface area (Å²) in [5, 5.41) is 10.4. The first-order valence-electron chi connectivity index (χ1n) is 7.64. The molecule has 0 spiro atoms. The Morgan fingerprint density at radius 3 is 2.75 bits per heavy atom. The van der Waals surface area contributed by atoms with E-state index in [2.05, 4.69) is 21.5 Å². The zero-order valence-electron chi connectivity index (χ0n) is 13.9. The lowest BCUT2D eigenvalue weighted by atomic mass is 10.1. The molecule has 0 saturated carbocycles. The van der Waals surface area contributed by atoms with E-state index in [9.17, 15) is 5.26 Å². The molecule has 1 aromatic carbocycles.